The molecule has 0 radical (unpaired) electrons. The number of nitrogens with one attached hydrogen (secondary N) is 1. The Morgan fingerprint density at radius 1 is 1.18 bits per heavy atom. The summed E-state index contributed by atoms with van der Waals surface area (Å²) >= 11 is 0. The molecule has 1 heterocycles. The average molecular weight is 227 g/mol. The molecule has 0 amide bonds. The third-order valence-corrected chi connectivity index (χ3v) is 2.57. The van der Waals surface area contributed by atoms with Crippen LogP contribution in [0, 0.1) is 0 Å². The molecule has 17 heavy (non-hydrogen) atoms. The minimum atomic E-state index is 0.341. The van der Waals surface area contributed by atoms with Crippen molar-refractivity contribution in [1.82, 2.24) is 4.98 Å². The molecular weight excluding hydrogens is 210 g/mol. The monoisotopic (exact) mass is 227 g/mol. The maximum atomic E-state index is 5.59. The third-order valence-electron chi connectivity index (χ3n) is 2.57. The predicted molar refractivity (Wildman–Crippen MR) is 71.9 cm³/mol. The van der Waals surface area contributed by atoms with E-state index < -0.39 is 0 Å². The predicted octanol–water partition coefficient (Wildman–Crippen LogP) is 2.71. The maximum absolute atomic E-state index is 5.59. The largest absolute Gasteiger partial charge is 0.397 e. The van der Waals surface area contributed by atoms with Crippen LogP contribution in [-0.2, 0) is 6.42 Å². The second kappa shape index (κ2) is 5.34. The van der Waals surface area contributed by atoms with E-state index in [-0.39, 0.29) is 0 Å². The van der Waals surface area contributed by atoms with Crippen LogP contribution in [-0.4, -0.2) is 11.0 Å². The highest BCUT2D eigenvalue weighted by molar-refractivity contribution is 5.44. The van der Waals surface area contributed by atoms with Crippen molar-refractivity contribution in [2.45, 2.75) is 19.4 Å². The van der Waals surface area contributed by atoms with Crippen LogP contribution in [0.2, 0.25) is 0 Å². The third kappa shape index (κ3) is 3.48. The molecule has 0 saturated heterocycles. The lowest BCUT2D eigenvalue weighted by Gasteiger charge is -2.14. The van der Waals surface area contributed by atoms with Crippen LogP contribution in [0.15, 0.2) is 48.7 Å². The van der Waals surface area contributed by atoms with E-state index in [4.69, 9.17) is 5.73 Å². The number of rotatable bonds is 4. The molecule has 3 heteroatoms. The Balaban J connectivity index is 1.93. The minimum absolute atomic E-state index is 0.341. The Morgan fingerprint density at radius 2 is 1.94 bits per heavy atom. The summed E-state index contributed by atoms with van der Waals surface area (Å²) in [5.74, 6) is 0.864. The van der Waals surface area contributed by atoms with Gasteiger partial charge in [0.25, 0.3) is 0 Å². The standard InChI is InChI=1S/C14H17N3/c1-11(9-12-5-3-2-4-6-12)17-14-8-7-13(15)10-16-14/h2-8,10-11H,9,15H2,1H3,(H,16,17). The molecule has 0 saturated carbocycles. The summed E-state index contributed by atoms with van der Waals surface area (Å²) in [6.45, 7) is 2.14. The summed E-state index contributed by atoms with van der Waals surface area (Å²) in [6, 6.07) is 14.5. The smallest absolute Gasteiger partial charge is 0.126 e. The second-order valence-corrected chi connectivity index (χ2v) is 4.21. The Hall–Kier alpha value is -2.03. The Morgan fingerprint density at radius 3 is 2.59 bits per heavy atom. The molecule has 0 aliphatic heterocycles. The molecule has 0 fully saturated rings. The van der Waals surface area contributed by atoms with Crippen molar-refractivity contribution in [1.29, 1.82) is 0 Å². The van der Waals surface area contributed by atoms with Crippen molar-refractivity contribution in [3.05, 3.63) is 54.2 Å². The Bertz CT molecular complexity index is 451. The van der Waals surface area contributed by atoms with E-state index in [1.54, 1.807) is 6.20 Å². The molecule has 3 N–H and O–H groups in total. The number of anilines is 2. The lowest BCUT2D eigenvalue weighted by Crippen LogP contribution is -2.18. The molecule has 1 aromatic carbocycles. The molecular formula is C14H17N3. The highest BCUT2D eigenvalue weighted by Gasteiger charge is 2.03. The first-order chi connectivity index (χ1) is 8.24. The van der Waals surface area contributed by atoms with Gasteiger partial charge >= 0.3 is 0 Å². The number of pyridine rings is 1. The number of nitrogens with two attached hydrogens (primary N) is 1. The lowest BCUT2D eigenvalue weighted by molar-refractivity contribution is 0.785. The van der Waals surface area contributed by atoms with Gasteiger partial charge in [0, 0.05) is 6.04 Å². The van der Waals surface area contributed by atoms with Crippen LogP contribution >= 0.6 is 0 Å². The van der Waals surface area contributed by atoms with Gasteiger partial charge in [0.15, 0.2) is 0 Å². The van der Waals surface area contributed by atoms with Crippen molar-refractivity contribution in [2.24, 2.45) is 0 Å². The van der Waals surface area contributed by atoms with Crippen LogP contribution < -0.4 is 11.1 Å². The van der Waals surface area contributed by atoms with Gasteiger partial charge in [-0.25, -0.2) is 4.98 Å². The highest BCUT2D eigenvalue weighted by atomic mass is 15.0. The van der Waals surface area contributed by atoms with Gasteiger partial charge in [-0.1, -0.05) is 30.3 Å². The van der Waals surface area contributed by atoms with Gasteiger partial charge < -0.3 is 11.1 Å². The number of aromatic nitrogens is 1. The van der Waals surface area contributed by atoms with E-state index in [1.165, 1.54) is 5.56 Å². The van der Waals surface area contributed by atoms with Crippen LogP contribution in [0.1, 0.15) is 12.5 Å². The maximum Gasteiger partial charge on any atom is 0.126 e. The van der Waals surface area contributed by atoms with Gasteiger partial charge in [0.1, 0.15) is 5.82 Å². The fourth-order valence-electron chi connectivity index (χ4n) is 1.76. The molecule has 1 aromatic heterocycles. The Kier molecular flexibility index (Phi) is 3.60. The van der Waals surface area contributed by atoms with Crippen LogP contribution in [0.4, 0.5) is 11.5 Å². The highest BCUT2D eigenvalue weighted by Crippen LogP contribution is 2.10. The first-order valence-corrected chi connectivity index (χ1v) is 5.76. The van der Waals surface area contributed by atoms with E-state index in [1.807, 2.05) is 18.2 Å². The summed E-state index contributed by atoms with van der Waals surface area (Å²) in [6.07, 6.45) is 2.64. The normalized spacial score (nSPS) is 12.1. The van der Waals surface area contributed by atoms with E-state index in [0.29, 0.717) is 11.7 Å². The number of nitrogen functional groups attached to an aromatic ring is 1. The fourth-order valence-corrected chi connectivity index (χ4v) is 1.76. The number of hydrogen-bond donors (Lipinski definition) is 2. The van der Waals surface area contributed by atoms with Gasteiger partial charge in [0.2, 0.25) is 0 Å². The topological polar surface area (TPSA) is 50.9 Å². The van der Waals surface area contributed by atoms with Crippen LogP contribution in [0.3, 0.4) is 0 Å². The zero-order valence-corrected chi connectivity index (χ0v) is 9.93. The summed E-state index contributed by atoms with van der Waals surface area (Å²) in [4.78, 5) is 4.22. The summed E-state index contributed by atoms with van der Waals surface area (Å²) in [7, 11) is 0. The van der Waals surface area contributed by atoms with Gasteiger partial charge in [-0.2, -0.15) is 0 Å². The number of hydrogen-bond acceptors (Lipinski definition) is 3. The van der Waals surface area contributed by atoms with Gasteiger partial charge in [0.05, 0.1) is 11.9 Å². The fraction of sp³-hybridized carbons (Fsp3) is 0.214. The zero-order chi connectivity index (χ0) is 12.1. The van der Waals surface area contributed by atoms with Crippen LogP contribution in [0.5, 0.6) is 0 Å². The van der Waals surface area contributed by atoms with Crippen molar-refractivity contribution < 1.29 is 0 Å². The molecule has 1 unspecified atom stereocenters. The molecule has 0 aliphatic carbocycles. The number of benzene rings is 1. The van der Waals surface area contributed by atoms with E-state index in [0.717, 1.165) is 12.2 Å². The van der Waals surface area contributed by atoms with Crippen molar-refractivity contribution >= 4 is 11.5 Å². The average Bonchev–Trinajstić information content (AvgIpc) is 2.33. The van der Waals surface area contributed by atoms with Gasteiger partial charge in [-0.05, 0) is 31.0 Å². The molecule has 0 aliphatic rings. The summed E-state index contributed by atoms with van der Waals surface area (Å²) < 4.78 is 0. The van der Waals surface area contributed by atoms with Crippen molar-refractivity contribution in [3.8, 4) is 0 Å². The molecule has 1 atom stereocenters. The minimum Gasteiger partial charge on any atom is -0.397 e. The molecule has 88 valence electrons. The summed E-state index contributed by atoms with van der Waals surface area (Å²) in [5, 5.41) is 3.35. The Labute approximate surface area is 102 Å². The van der Waals surface area contributed by atoms with Gasteiger partial charge in [-0.15, -0.1) is 0 Å². The quantitative estimate of drug-likeness (QED) is 0.844. The lowest BCUT2D eigenvalue weighted by atomic mass is 10.1. The van der Waals surface area contributed by atoms with Crippen molar-refractivity contribution in [2.75, 3.05) is 11.1 Å². The van der Waals surface area contributed by atoms with Crippen molar-refractivity contribution in [3.63, 3.8) is 0 Å². The molecule has 3 nitrogen and oxygen atoms in total. The molecule has 2 aromatic rings. The molecule has 0 bridgehead atoms. The second-order valence-electron chi connectivity index (χ2n) is 4.21. The first kappa shape index (κ1) is 11.5. The first-order valence-electron chi connectivity index (χ1n) is 5.76. The molecule has 2 rings (SSSR count). The number of nitrogens with zero attached hydrogens (tertiary/aromatic N) is 1. The van der Waals surface area contributed by atoms with E-state index in [9.17, 15) is 0 Å². The van der Waals surface area contributed by atoms with Gasteiger partial charge in [-0.3, -0.25) is 0 Å². The van der Waals surface area contributed by atoms with E-state index >= 15 is 0 Å². The zero-order valence-electron chi connectivity index (χ0n) is 9.93. The summed E-state index contributed by atoms with van der Waals surface area (Å²) in [5.41, 5.74) is 7.60. The molecule has 0 spiro atoms. The van der Waals surface area contributed by atoms with E-state index in [2.05, 4.69) is 41.5 Å². The SMILES string of the molecule is CC(Cc1ccccc1)Nc1ccc(N)cn1. The van der Waals surface area contributed by atoms with Crippen LogP contribution in [0.25, 0.3) is 0 Å².